The van der Waals surface area contributed by atoms with Gasteiger partial charge in [-0.25, -0.2) is 9.19 Å². The minimum absolute atomic E-state index is 0.165. The molecule has 2 aliphatic rings. The minimum Gasteiger partial charge on any atom is -0.477 e. The Morgan fingerprint density at radius 1 is 1.29 bits per heavy atom. The summed E-state index contributed by atoms with van der Waals surface area (Å²) in [6.07, 6.45) is 8.58. The molecule has 2 aromatic rings. The van der Waals surface area contributed by atoms with Gasteiger partial charge in [0.25, 0.3) is 5.91 Å². The van der Waals surface area contributed by atoms with Crippen molar-refractivity contribution in [2.24, 2.45) is 0 Å². The number of carbonyl (C=O) groups is 1. The van der Waals surface area contributed by atoms with Gasteiger partial charge < -0.3 is 24.8 Å². The summed E-state index contributed by atoms with van der Waals surface area (Å²) >= 11 is 1.36. The molecule has 10 nitrogen and oxygen atoms in total. The van der Waals surface area contributed by atoms with E-state index < -0.39 is 16.4 Å². The Morgan fingerprint density at radius 2 is 2.09 bits per heavy atom. The first kappa shape index (κ1) is 25.9. The topological polar surface area (TPSA) is 127 Å². The van der Waals surface area contributed by atoms with Crippen molar-refractivity contribution in [2.75, 3.05) is 25.0 Å². The first-order chi connectivity index (χ1) is 16.5. The third-order valence-electron chi connectivity index (χ3n) is 4.60. The summed E-state index contributed by atoms with van der Waals surface area (Å²) < 4.78 is 24.9. The highest BCUT2D eigenvalue weighted by Crippen LogP contribution is 2.33. The molecule has 0 bridgehead atoms. The molecule has 1 saturated carbocycles. The van der Waals surface area contributed by atoms with E-state index in [-0.39, 0.29) is 17.7 Å². The molecule has 4 rings (SSSR count). The van der Waals surface area contributed by atoms with E-state index >= 15 is 0 Å². The van der Waals surface area contributed by atoms with Crippen molar-refractivity contribution in [3.63, 3.8) is 0 Å². The number of rotatable bonds is 10. The molecule has 1 aliphatic carbocycles. The van der Waals surface area contributed by atoms with Crippen LogP contribution in [-0.4, -0.2) is 56.0 Å². The van der Waals surface area contributed by atoms with Crippen molar-refractivity contribution in [1.29, 1.82) is 0 Å². The van der Waals surface area contributed by atoms with Crippen LogP contribution in [0.3, 0.4) is 0 Å². The smallest absolute Gasteiger partial charge is 0.253 e. The summed E-state index contributed by atoms with van der Waals surface area (Å²) in [7, 11) is 0.615. The number of nitrogens with zero attached hydrogens (tertiary/aromatic N) is 3. The van der Waals surface area contributed by atoms with Crippen LogP contribution in [0.25, 0.3) is 4.91 Å². The van der Waals surface area contributed by atoms with Gasteiger partial charge in [-0.1, -0.05) is 11.8 Å². The second-order valence-corrected chi connectivity index (χ2v) is 9.89. The average Bonchev–Trinajstić information content (AvgIpc) is 3.60. The molecule has 2 unspecified atom stereocenters. The summed E-state index contributed by atoms with van der Waals surface area (Å²) in [5, 5.41) is 5.71. The first-order valence-electron chi connectivity index (χ1n) is 11.0. The van der Waals surface area contributed by atoms with Gasteiger partial charge in [-0.2, -0.15) is 0 Å². The highest BCUT2D eigenvalue weighted by Gasteiger charge is 2.29. The van der Waals surface area contributed by atoms with E-state index in [1.165, 1.54) is 11.8 Å². The van der Waals surface area contributed by atoms with E-state index in [2.05, 4.69) is 35.0 Å². The standard InChI is InChI=1S/C19H22N6O3S2.C3H8O/c1-2-28-17-11-20-9-15(24-17)16-10-23-19(29-16)18(26)22-8-13-7-12(5-6-21-13)25-30(27)14-3-4-14;1-3-4-2/h5-7,9-11,14,19,23H,2-4,8H2,1H3,(H,21,25)(H,22,26);3H2,1-2H3. The van der Waals surface area contributed by atoms with Gasteiger partial charge in [0.1, 0.15) is 16.7 Å². The van der Waals surface area contributed by atoms with E-state index in [9.17, 15) is 9.00 Å². The Labute approximate surface area is 206 Å². The zero-order valence-corrected chi connectivity index (χ0v) is 21.1. The van der Waals surface area contributed by atoms with Crippen LogP contribution in [0.15, 0.2) is 36.9 Å². The number of pyridine rings is 1. The Hall–Kier alpha value is -2.70. The summed E-state index contributed by atoms with van der Waals surface area (Å²) in [6, 6.07) is 3.57. The van der Waals surface area contributed by atoms with E-state index in [1.54, 1.807) is 44.0 Å². The predicted molar refractivity (Wildman–Crippen MR) is 134 cm³/mol. The molecule has 3 heterocycles. The number of ether oxygens (including phenoxy) is 2. The Morgan fingerprint density at radius 3 is 2.79 bits per heavy atom. The molecule has 3 N–H and O–H groups in total. The van der Waals surface area contributed by atoms with E-state index in [0.717, 1.165) is 30.0 Å². The molecular formula is C22H30N6O4S2. The number of hydrogen-bond acceptors (Lipinski definition) is 9. The van der Waals surface area contributed by atoms with Crippen LogP contribution in [0.5, 0.6) is 5.88 Å². The largest absolute Gasteiger partial charge is 0.477 e. The van der Waals surface area contributed by atoms with Crippen molar-refractivity contribution in [3.8, 4) is 5.88 Å². The average molecular weight is 507 g/mol. The summed E-state index contributed by atoms with van der Waals surface area (Å²) in [5.74, 6) is 0.286. The Balaban J connectivity index is 0.000000751. The van der Waals surface area contributed by atoms with Crippen LogP contribution in [-0.2, 0) is 27.1 Å². The number of amides is 1. The maximum atomic E-state index is 12.5. The number of thioether (sulfide) groups is 1. The van der Waals surface area contributed by atoms with Crippen LogP contribution in [0.1, 0.15) is 38.1 Å². The van der Waals surface area contributed by atoms with Crippen LogP contribution in [0.2, 0.25) is 0 Å². The van der Waals surface area contributed by atoms with Crippen LogP contribution >= 0.6 is 11.8 Å². The monoisotopic (exact) mass is 506 g/mol. The lowest BCUT2D eigenvalue weighted by atomic mass is 10.3. The number of hydrogen-bond donors (Lipinski definition) is 3. The molecule has 1 amide bonds. The lowest BCUT2D eigenvalue weighted by Gasteiger charge is -2.12. The normalized spacial score (nSPS) is 17.5. The predicted octanol–water partition coefficient (Wildman–Crippen LogP) is 2.44. The van der Waals surface area contributed by atoms with Gasteiger partial charge in [-0.15, -0.1) is 0 Å². The van der Waals surface area contributed by atoms with Gasteiger partial charge in [-0.3, -0.25) is 14.8 Å². The van der Waals surface area contributed by atoms with Crippen LogP contribution < -0.4 is 20.1 Å². The van der Waals surface area contributed by atoms with Gasteiger partial charge in [0.15, 0.2) is 5.37 Å². The van der Waals surface area contributed by atoms with E-state index in [0.29, 0.717) is 23.9 Å². The zero-order valence-electron chi connectivity index (χ0n) is 19.4. The molecule has 2 atom stereocenters. The molecule has 0 aromatic carbocycles. The molecular weight excluding hydrogens is 476 g/mol. The lowest BCUT2D eigenvalue weighted by Crippen LogP contribution is -2.37. The van der Waals surface area contributed by atoms with Gasteiger partial charge >= 0.3 is 0 Å². The molecule has 34 heavy (non-hydrogen) atoms. The fourth-order valence-corrected chi connectivity index (χ4v) is 4.71. The first-order valence-corrected chi connectivity index (χ1v) is 13.1. The van der Waals surface area contributed by atoms with Gasteiger partial charge in [0.2, 0.25) is 5.88 Å². The Kier molecular flexibility index (Phi) is 10.1. The van der Waals surface area contributed by atoms with E-state index in [1.807, 2.05) is 13.8 Å². The molecule has 0 radical (unpaired) electrons. The van der Waals surface area contributed by atoms with Crippen molar-refractivity contribution < 1.29 is 18.5 Å². The zero-order chi connectivity index (χ0) is 24.3. The highest BCUT2D eigenvalue weighted by molar-refractivity contribution is 8.09. The fourth-order valence-electron chi connectivity index (χ4n) is 2.68. The fraction of sp³-hybridized carbons (Fsp3) is 0.455. The Bertz CT molecular complexity index is 1020. The number of nitrogens with one attached hydrogen (secondary N) is 3. The SMILES string of the molecule is CCOC.CCOc1cncc(C2=CNC(C(=O)NCc3cc(NS(=O)C4CC4)ccn3)S2)n1. The summed E-state index contributed by atoms with van der Waals surface area (Å²) in [4.78, 5) is 26.2. The number of carbonyl (C=O) groups excluding carboxylic acids is 1. The van der Waals surface area contributed by atoms with Crippen molar-refractivity contribution in [2.45, 2.75) is 43.9 Å². The third kappa shape index (κ3) is 7.96. The van der Waals surface area contributed by atoms with Crippen molar-refractivity contribution >= 4 is 39.2 Å². The van der Waals surface area contributed by atoms with Crippen LogP contribution in [0, 0.1) is 0 Å². The molecule has 0 saturated heterocycles. The maximum absolute atomic E-state index is 12.5. The van der Waals surface area contributed by atoms with Gasteiger partial charge in [0, 0.05) is 31.8 Å². The quantitative estimate of drug-likeness (QED) is 0.445. The van der Waals surface area contributed by atoms with Crippen LogP contribution in [0.4, 0.5) is 5.69 Å². The maximum Gasteiger partial charge on any atom is 0.253 e. The van der Waals surface area contributed by atoms with E-state index in [4.69, 9.17) is 4.74 Å². The second-order valence-electron chi connectivity index (χ2n) is 7.28. The summed E-state index contributed by atoms with van der Waals surface area (Å²) in [5.41, 5.74) is 2.08. The minimum atomic E-state index is -1.07. The van der Waals surface area contributed by atoms with Crippen molar-refractivity contribution in [1.82, 2.24) is 25.6 Å². The van der Waals surface area contributed by atoms with Gasteiger partial charge in [0.05, 0.1) is 41.4 Å². The third-order valence-corrected chi connectivity index (χ3v) is 7.28. The molecule has 12 heteroatoms. The number of aromatic nitrogens is 3. The molecule has 184 valence electrons. The molecule has 1 aliphatic heterocycles. The van der Waals surface area contributed by atoms with Crippen molar-refractivity contribution in [3.05, 3.63) is 48.3 Å². The molecule has 2 aromatic heterocycles. The molecule has 0 spiro atoms. The lowest BCUT2D eigenvalue weighted by molar-refractivity contribution is -0.121. The number of anilines is 1. The molecule has 1 fully saturated rings. The van der Waals surface area contributed by atoms with Gasteiger partial charge in [-0.05, 0) is 38.8 Å². The summed E-state index contributed by atoms with van der Waals surface area (Å²) in [6.45, 7) is 5.44. The highest BCUT2D eigenvalue weighted by atomic mass is 32.2. The second kappa shape index (κ2) is 13.3. The number of methoxy groups -OCH3 is 1.